The molecule has 4 aliphatic rings. The van der Waals surface area contributed by atoms with E-state index in [4.69, 9.17) is 9.72 Å². The monoisotopic (exact) mass is 791 g/mol. The first-order chi connectivity index (χ1) is 26.3. The number of hydrogen-bond acceptors (Lipinski definition) is 9. The maximum absolute atomic E-state index is 14.5. The van der Waals surface area contributed by atoms with Gasteiger partial charge in [0.1, 0.15) is 29.5 Å². The van der Waals surface area contributed by atoms with Crippen LogP contribution in [0.5, 0.6) is 5.75 Å². The van der Waals surface area contributed by atoms with Crippen molar-refractivity contribution in [1.29, 1.82) is 0 Å². The number of carbonyl (C=O) groups excluding carboxylic acids is 3. The Morgan fingerprint density at radius 2 is 1.89 bits per heavy atom. The summed E-state index contributed by atoms with van der Waals surface area (Å²) < 4.78 is 63.8. The number of amides is 3. The Balaban J connectivity index is 1.25. The predicted molar refractivity (Wildman–Crippen MR) is 209 cm³/mol. The molecule has 5 atom stereocenters. The van der Waals surface area contributed by atoms with Crippen molar-refractivity contribution in [3.63, 3.8) is 0 Å². The molecule has 15 heteroatoms. The number of aromatic nitrogens is 1. The molecule has 2 aromatic carbocycles. The molecular formula is C40H49N5O8S2. The van der Waals surface area contributed by atoms with Gasteiger partial charge in [0, 0.05) is 29.4 Å². The maximum Gasteiger partial charge on any atom is 0.259 e. The molecule has 2 saturated carbocycles. The van der Waals surface area contributed by atoms with E-state index in [1.54, 1.807) is 0 Å². The van der Waals surface area contributed by atoms with Crippen LogP contribution >= 0.6 is 0 Å². The molecule has 2 aliphatic heterocycles. The molecule has 294 valence electrons. The fourth-order valence-corrected chi connectivity index (χ4v) is 10.5. The van der Waals surface area contributed by atoms with Crippen molar-refractivity contribution in [3.05, 3.63) is 72.8 Å². The standard InChI is InChI=1S/C40H49N5O8S2/c1-3-5-15-33-38(47)45-25-29(22-35(45)37(46)42-40(24-28(40)4-2)39(48)44-55(51,52)30-17-18-30)53-36-23-34(27-13-9-6-10-14-27)41-32-19-16-26(21-31(32)36)12-8-7-11-20-54(49,50)43-33/h4,6,9-10,13-14,16,19,21,23,28-30,33,35,43H,2-3,5,7-8,11-12,15,17-18,20,22,24-25H2,1H3,(H,42,46)(H,44,48)/t28-,29+,33-,35-,40+/m0/s1. The van der Waals surface area contributed by atoms with Gasteiger partial charge in [-0.1, -0.05) is 68.7 Å². The van der Waals surface area contributed by atoms with Crippen LogP contribution in [0.3, 0.4) is 0 Å². The highest BCUT2D eigenvalue weighted by Crippen LogP contribution is 2.45. The summed E-state index contributed by atoms with van der Waals surface area (Å²) in [7, 11) is -7.76. The molecule has 3 aromatic rings. The van der Waals surface area contributed by atoms with Gasteiger partial charge >= 0.3 is 0 Å². The normalized spacial score (nSPS) is 26.9. The predicted octanol–water partition coefficient (Wildman–Crippen LogP) is 4.12. The fourth-order valence-electron chi connectivity index (χ4n) is 7.74. The molecule has 3 heterocycles. The zero-order valence-electron chi connectivity index (χ0n) is 31.0. The number of unbranched alkanes of at least 4 members (excludes halogenated alkanes) is 1. The minimum atomic E-state index is -3.91. The van der Waals surface area contributed by atoms with Crippen molar-refractivity contribution in [2.45, 2.75) is 107 Å². The lowest BCUT2D eigenvalue weighted by molar-refractivity contribution is -0.141. The highest BCUT2D eigenvalue weighted by atomic mass is 32.2. The molecule has 3 fully saturated rings. The van der Waals surface area contributed by atoms with Gasteiger partial charge in [-0.2, -0.15) is 0 Å². The second kappa shape index (κ2) is 15.7. The zero-order chi connectivity index (χ0) is 39.0. The summed E-state index contributed by atoms with van der Waals surface area (Å²) in [6, 6.07) is 15.3. The van der Waals surface area contributed by atoms with Crippen molar-refractivity contribution >= 4 is 48.7 Å². The van der Waals surface area contributed by atoms with E-state index in [2.05, 4.69) is 21.3 Å². The number of fused-ring (bicyclic) bond motifs is 3. The van der Waals surface area contributed by atoms with Gasteiger partial charge in [0.05, 0.1) is 28.8 Å². The van der Waals surface area contributed by atoms with Crippen LogP contribution in [0.1, 0.15) is 76.7 Å². The second-order valence-electron chi connectivity index (χ2n) is 15.3. The summed E-state index contributed by atoms with van der Waals surface area (Å²) in [5, 5.41) is 2.94. The van der Waals surface area contributed by atoms with Crippen molar-refractivity contribution < 1.29 is 36.0 Å². The lowest BCUT2D eigenvalue weighted by atomic mass is 10.0. The zero-order valence-corrected chi connectivity index (χ0v) is 32.7. The summed E-state index contributed by atoms with van der Waals surface area (Å²) in [5.74, 6) is -2.21. The average molecular weight is 792 g/mol. The van der Waals surface area contributed by atoms with Crippen LogP contribution in [0.2, 0.25) is 0 Å². The molecular weight excluding hydrogens is 743 g/mol. The smallest absolute Gasteiger partial charge is 0.259 e. The van der Waals surface area contributed by atoms with E-state index < -0.39 is 72.7 Å². The molecule has 3 amide bonds. The number of hydrogen-bond donors (Lipinski definition) is 3. The van der Waals surface area contributed by atoms with Crippen LogP contribution < -0.4 is 19.5 Å². The Hall–Kier alpha value is -4.34. The molecule has 0 radical (unpaired) electrons. The number of nitrogens with one attached hydrogen (secondary N) is 3. The molecule has 0 unspecified atom stereocenters. The van der Waals surface area contributed by atoms with Crippen LogP contribution in [0.4, 0.5) is 0 Å². The lowest BCUT2D eigenvalue weighted by Gasteiger charge is -2.29. The van der Waals surface area contributed by atoms with Crippen LogP contribution in [0, 0.1) is 5.92 Å². The topological polar surface area (TPSA) is 181 Å². The Morgan fingerprint density at radius 3 is 2.60 bits per heavy atom. The number of benzene rings is 2. The van der Waals surface area contributed by atoms with Gasteiger partial charge in [0.25, 0.3) is 5.91 Å². The van der Waals surface area contributed by atoms with Gasteiger partial charge in [-0.15, -0.1) is 6.58 Å². The molecule has 3 N–H and O–H groups in total. The minimum Gasteiger partial charge on any atom is -0.488 e. The number of sulfonamides is 2. The number of aryl methyl sites for hydroxylation is 1. The Bertz CT molecular complexity index is 2190. The van der Waals surface area contributed by atoms with E-state index >= 15 is 0 Å². The third-order valence-electron chi connectivity index (χ3n) is 11.1. The molecule has 4 bridgehead atoms. The van der Waals surface area contributed by atoms with Gasteiger partial charge in [-0.05, 0) is 62.6 Å². The third kappa shape index (κ3) is 8.58. The highest BCUT2D eigenvalue weighted by Gasteiger charge is 2.62. The molecule has 1 aromatic heterocycles. The van der Waals surface area contributed by atoms with Gasteiger partial charge in [0.15, 0.2) is 0 Å². The quantitative estimate of drug-likeness (QED) is 0.255. The second-order valence-corrected chi connectivity index (χ2v) is 19.2. The SMILES string of the molecule is C=C[C@H]1C[C@]1(NC(=O)[C@@H]1C[C@@H]2CN1C(=O)[C@H](CCCC)NS(=O)(=O)CCCCCc1ccc3nc(-c4ccccc4)cc(c3c1)O2)C(=O)NS(=O)(=O)C1CC1. The van der Waals surface area contributed by atoms with E-state index in [9.17, 15) is 31.2 Å². The minimum absolute atomic E-state index is 0.0336. The van der Waals surface area contributed by atoms with Crippen LogP contribution in [-0.4, -0.2) is 85.7 Å². The van der Waals surface area contributed by atoms with Crippen molar-refractivity contribution in [2.24, 2.45) is 5.92 Å². The molecule has 13 nitrogen and oxygen atoms in total. The summed E-state index contributed by atoms with van der Waals surface area (Å²) in [4.78, 5) is 48.7. The summed E-state index contributed by atoms with van der Waals surface area (Å²) >= 11 is 0. The van der Waals surface area contributed by atoms with Crippen LogP contribution in [-0.2, 0) is 40.9 Å². The molecule has 55 heavy (non-hydrogen) atoms. The van der Waals surface area contributed by atoms with E-state index in [-0.39, 0.29) is 31.6 Å². The first-order valence-corrected chi connectivity index (χ1v) is 22.5. The number of pyridine rings is 1. The van der Waals surface area contributed by atoms with Gasteiger partial charge in [0.2, 0.25) is 31.9 Å². The number of ether oxygens (including phenoxy) is 1. The van der Waals surface area contributed by atoms with E-state index in [0.29, 0.717) is 55.5 Å². The van der Waals surface area contributed by atoms with Crippen molar-refractivity contribution in [3.8, 4) is 17.0 Å². The van der Waals surface area contributed by atoms with Gasteiger partial charge in [-0.25, -0.2) is 26.5 Å². The maximum atomic E-state index is 14.5. The lowest BCUT2D eigenvalue weighted by Crippen LogP contribution is -2.58. The molecule has 1 saturated heterocycles. The Kier molecular flexibility index (Phi) is 11.1. The number of nitrogens with zero attached hydrogens (tertiary/aromatic N) is 2. The number of carbonyl (C=O) groups is 3. The fraction of sp³-hybridized carbons (Fsp3) is 0.500. The summed E-state index contributed by atoms with van der Waals surface area (Å²) in [6.07, 6.45) is 5.97. The highest BCUT2D eigenvalue weighted by molar-refractivity contribution is 7.91. The van der Waals surface area contributed by atoms with Gasteiger partial charge < -0.3 is 15.0 Å². The van der Waals surface area contributed by atoms with Crippen molar-refractivity contribution in [1.82, 2.24) is 24.6 Å². The van der Waals surface area contributed by atoms with E-state index in [1.165, 1.54) is 11.0 Å². The van der Waals surface area contributed by atoms with E-state index in [1.807, 2.05) is 61.5 Å². The number of rotatable bonds is 10. The summed E-state index contributed by atoms with van der Waals surface area (Å²) in [5.41, 5.74) is 1.77. The first kappa shape index (κ1) is 38.9. The summed E-state index contributed by atoms with van der Waals surface area (Å²) in [6.45, 7) is 5.70. The Morgan fingerprint density at radius 1 is 1.11 bits per heavy atom. The largest absolute Gasteiger partial charge is 0.488 e. The molecule has 2 aliphatic carbocycles. The molecule has 0 spiro atoms. The Labute approximate surface area is 322 Å². The third-order valence-corrected chi connectivity index (χ3v) is 14.4. The van der Waals surface area contributed by atoms with E-state index in [0.717, 1.165) is 29.4 Å². The van der Waals surface area contributed by atoms with Crippen molar-refractivity contribution in [2.75, 3.05) is 12.3 Å². The molecule has 7 rings (SSSR count). The van der Waals surface area contributed by atoms with Crippen LogP contribution in [0.15, 0.2) is 67.3 Å². The van der Waals surface area contributed by atoms with Gasteiger partial charge in [-0.3, -0.25) is 19.1 Å². The van der Waals surface area contributed by atoms with Crippen LogP contribution in [0.25, 0.3) is 22.2 Å². The first-order valence-electron chi connectivity index (χ1n) is 19.3. The average Bonchev–Trinajstić information content (AvgIpc) is 4.09.